The van der Waals surface area contributed by atoms with Gasteiger partial charge < -0.3 is 16.2 Å². The van der Waals surface area contributed by atoms with Crippen molar-refractivity contribution in [3.63, 3.8) is 0 Å². The lowest BCUT2D eigenvalue weighted by atomic mass is 9.95. The van der Waals surface area contributed by atoms with Crippen LogP contribution in [0.2, 0.25) is 0 Å². The number of carboxylic acid groups (broad SMARTS) is 1. The summed E-state index contributed by atoms with van der Waals surface area (Å²) in [6.45, 7) is 1.00. The Balaban J connectivity index is 2.30. The molecule has 2 rings (SSSR count). The first kappa shape index (κ1) is 9.02. The molecule has 1 aliphatic rings. The van der Waals surface area contributed by atoms with E-state index in [4.69, 9.17) is 10.8 Å². The Labute approximate surface area is 81.7 Å². The normalized spacial score (nSPS) is 20.1. The zero-order valence-electron chi connectivity index (χ0n) is 7.66. The molecular formula is C10H12N2O2. The Hall–Kier alpha value is -1.55. The highest BCUT2D eigenvalue weighted by molar-refractivity contribution is 5.89. The van der Waals surface area contributed by atoms with Gasteiger partial charge in [0.05, 0.1) is 5.56 Å². The van der Waals surface area contributed by atoms with Crippen LogP contribution in [-0.4, -0.2) is 17.6 Å². The minimum atomic E-state index is -0.940. The maximum Gasteiger partial charge on any atom is 0.335 e. The number of nitrogen functional groups attached to an aromatic ring is 1. The van der Waals surface area contributed by atoms with Gasteiger partial charge in [-0.15, -0.1) is 0 Å². The van der Waals surface area contributed by atoms with Gasteiger partial charge in [0.25, 0.3) is 0 Å². The summed E-state index contributed by atoms with van der Waals surface area (Å²) in [6.07, 6.45) is 1.07. The first-order valence-electron chi connectivity index (χ1n) is 4.54. The van der Waals surface area contributed by atoms with E-state index in [1.54, 1.807) is 12.1 Å². The highest BCUT2D eigenvalue weighted by atomic mass is 16.4. The summed E-state index contributed by atoms with van der Waals surface area (Å²) in [6, 6.07) is 5.19. The van der Waals surface area contributed by atoms with E-state index in [1.165, 1.54) is 6.07 Å². The lowest BCUT2D eigenvalue weighted by Gasteiger charge is -2.29. The summed E-state index contributed by atoms with van der Waals surface area (Å²) in [4.78, 5) is 10.6. The third-order valence-corrected chi connectivity index (χ3v) is 2.53. The van der Waals surface area contributed by atoms with Crippen molar-refractivity contribution in [3.8, 4) is 0 Å². The van der Waals surface area contributed by atoms with Crippen molar-refractivity contribution < 1.29 is 9.90 Å². The van der Waals surface area contributed by atoms with E-state index in [0.29, 0.717) is 11.7 Å². The zero-order valence-corrected chi connectivity index (χ0v) is 7.66. The third kappa shape index (κ3) is 1.44. The van der Waals surface area contributed by atoms with E-state index in [-0.39, 0.29) is 5.56 Å². The molecule has 1 heterocycles. The number of carboxylic acids is 1. The molecule has 4 N–H and O–H groups in total. The topological polar surface area (TPSA) is 75.4 Å². The van der Waals surface area contributed by atoms with Crippen LogP contribution in [0.25, 0.3) is 0 Å². The summed E-state index contributed by atoms with van der Waals surface area (Å²) in [7, 11) is 0. The molecule has 0 unspecified atom stereocenters. The summed E-state index contributed by atoms with van der Waals surface area (Å²) >= 11 is 0. The summed E-state index contributed by atoms with van der Waals surface area (Å²) in [5, 5.41) is 12.0. The minimum Gasteiger partial charge on any atom is -0.478 e. The SMILES string of the molecule is Nc1cc(C(=O)O)ccc1[C@@H]1CCN1. The Morgan fingerprint density at radius 2 is 2.29 bits per heavy atom. The van der Waals surface area contributed by atoms with Crippen molar-refractivity contribution in [1.82, 2.24) is 5.32 Å². The first-order chi connectivity index (χ1) is 6.68. The van der Waals surface area contributed by atoms with Crippen LogP contribution in [0.3, 0.4) is 0 Å². The molecule has 1 atom stereocenters. The maximum atomic E-state index is 10.6. The van der Waals surface area contributed by atoms with Crippen molar-refractivity contribution in [2.75, 3.05) is 12.3 Å². The van der Waals surface area contributed by atoms with Gasteiger partial charge in [0.1, 0.15) is 0 Å². The molecule has 0 radical (unpaired) electrons. The molecule has 0 aromatic heterocycles. The second-order valence-corrected chi connectivity index (χ2v) is 3.44. The first-order valence-corrected chi connectivity index (χ1v) is 4.54. The molecule has 4 heteroatoms. The smallest absolute Gasteiger partial charge is 0.335 e. The Morgan fingerprint density at radius 3 is 2.71 bits per heavy atom. The average molecular weight is 192 g/mol. The van der Waals surface area contributed by atoms with Gasteiger partial charge in [0.2, 0.25) is 0 Å². The monoisotopic (exact) mass is 192 g/mol. The Kier molecular flexibility index (Phi) is 2.13. The fraction of sp³-hybridized carbons (Fsp3) is 0.300. The molecule has 1 fully saturated rings. The molecule has 1 aliphatic heterocycles. The van der Waals surface area contributed by atoms with E-state index in [0.717, 1.165) is 18.5 Å². The minimum absolute atomic E-state index is 0.241. The summed E-state index contributed by atoms with van der Waals surface area (Å²) < 4.78 is 0. The van der Waals surface area contributed by atoms with E-state index in [2.05, 4.69) is 5.32 Å². The molecule has 1 saturated heterocycles. The van der Waals surface area contributed by atoms with Gasteiger partial charge in [-0.1, -0.05) is 6.07 Å². The zero-order chi connectivity index (χ0) is 10.1. The number of hydrogen-bond acceptors (Lipinski definition) is 3. The Bertz CT molecular complexity index is 372. The number of nitrogens with two attached hydrogens (primary N) is 1. The number of carbonyl (C=O) groups is 1. The number of benzene rings is 1. The van der Waals surface area contributed by atoms with Gasteiger partial charge in [-0.3, -0.25) is 0 Å². The van der Waals surface area contributed by atoms with E-state index in [9.17, 15) is 4.79 Å². The van der Waals surface area contributed by atoms with E-state index < -0.39 is 5.97 Å². The van der Waals surface area contributed by atoms with Crippen molar-refractivity contribution >= 4 is 11.7 Å². The number of nitrogens with one attached hydrogen (secondary N) is 1. The molecule has 74 valence electrons. The molecule has 1 aromatic carbocycles. The standard InChI is InChI=1S/C10H12N2O2/c11-8-5-6(10(13)14)1-2-7(8)9-3-4-12-9/h1-2,5,9,12H,3-4,11H2,(H,13,14)/t9-/m0/s1. The second kappa shape index (κ2) is 3.31. The second-order valence-electron chi connectivity index (χ2n) is 3.44. The highest BCUT2D eigenvalue weighted by Gasteiger charge is 2.20. The molecule has 0 saturated carbocycles. The van der Waals surface area contributed by atoms with E-state index in [1.807, 2.05) is 0 Å². The predicted molar refractivity (Wildman–Crippen MR) is 53.2 cm³/mol. The van der Waals surface area contributed by atoms with Crippen molar-refractivity contribution in [2.24, 2.45) is 0 Å². The largest absolute Gasteiger partial charge is 0.478 e. The predicted octanol–water partition coefficient (Wildman–Crippen LogP) is 1.00. The van der Waals surface area contributed by atoms with Gasteiger partial charge >= 0.3 is 5.97 Å². The van der Waals surface area contributed by atoms with Crippen molar-refractivity contribution in [1.29, 1.82) is 0 Å². The van der Waals surface area contributed by atoms with Gasteiger partial charge in [-0.25, -0.2) is 4.79 Å². The van der Waals surface area contributed by atoms with Gasteiger partial charge in [-0.2, -0.15) is 0 Å². The lowest BCUT2D eigenvalue weighted by molar-refractivity contribution is 0.0697. The van der Waals surface area contributed by atoms with Crippen LogP contribution in [0.15, 0.2) is 18.2 Å². The quantitative estimate of drug-likeness (QED) is 0.611. The fourth-order valence-corrected chi connectivity index (χ4v) is 1.58. The van der Waals surface area contributed by atoms with Crippen LogP contribution < -0.4 is 11.1 Å². The van der Waals surface area contributed by atoms with Crippen LogP contribution in [0, 0.1) is 0 Å². The number of hydrogen-bond donors (Lipinski definition) is 3. The van der Waals surface area contributed by atoms with Crippen LogP contribution in [0.4, 0.5) is 5.69 Å². The van der Waals surface area contributed by atoms with Crippen LogP contribution in [0.1, 0.15) is 28.4 Å². The number of rotatable bonds is 2. The molecule has 4 nitrogen and oxygen atoms in total. The van der Waals surface area contributed by atoms with Crippen LogP contribution in [0.5, 0.6) is 0 Å². The molecule has 0 amide bonds. The van der Waals surface area contributed by atoms with Gasteiger partial charge in [0, 0.05) is 11.7 Å². The lowest BCUT2D eigenvalue weighted by Crippen LogP contribution is -2.35. The molecule has 0 aliphatic carbocycles. The number of anilines is 1. The molecule has 1 aromatic rings. The van der Waals surface area contributed by atoms with Crippen molar-refractivity contribution in [3.05, 3.63) is 29.3 Å². The van der Waals surface area contributed by atoms with Gasteiger partial charge in [0.15, 0.2) is 0 Å². The maximum absolute atomic E-state index is 10.6. The molecular weight excluding hydrogens is 180 g/mol. The van der Waals surface area contributed by atoms with Gasteiger partial charge in [-0.05, 0) is 30.7 Å². The summed E-state index contributed by atoms with van der Waals surface area (Å²) in [5.74, 6) is -0.940. The molecule has 0 bridgehead atoms. The molecule has 0 spiro atoms. The summed E-state index contributed by atoms with van der Waals surface area (Å²) in [5.41, 5.74) is 7.57. The van der Waals surface area contributed by atoms with Crippen LogP contribution in [-0.2, 0) is 0 Å². The number of aromatic carboxylic acids is 1. The fourth-order valence-electron chi connectivity index (χ4n) is 1.58. The van der Waals surface area contributed by atoms with Crippen LogP contribution >= 0.6 is 0 Å². The third-order valence-electron chi connectivity index (χ3n) is 2.53. The Morgan fingerprint density at radius 1 is 1.57 bits per heavy atom. The highest BCUT2D eigenvalue weighted by Crippen LogP contribution is 2.28. The molecule has 14 heavy (non-hydrogen) atoms. The van der Waals surface area contributed by atoms with Crippen molar-refractivity contribution in [2.45, 2.75) is 12.5 Å². The van der Waals surface area contributed by atoms with E-state index >= 15 is 0 Å². The average Bonchev–Trinajstić information content (AvgIpc) is 2.04.